The molecule has 0 N–H and O–H groups in total. The summed E-state index contributed by atoms with van der Waals surface area (Å²) in [5, 5.41) is 0.963. The molecule has 80 valence electrons. The number of benzene rings is 1. The van der Waals surface area contributed by atoms with Gasteiger partial charge in [0.2, 0.25) is 0 Å². The van der Waals surface area contributed by atoms with Crippen LogP contribution in [0.1, 0.15) is 23.2 Å². The molecule has 0 aliphatic carbocycles. The second kappa shape index (κ2) is 3.38. The van der Waals surface area contributed by atoms with Crippen molar-refractivity contribution in [3.8, 4) is 0 Å². The molecule has 2 saturated heterocycles. The third kappa shape index (κ3) is 1.61. The monoisotopic (exact) mass is 220 g/mol. The van der Waals surface area contributed by atoms with Crippen LogP contribution in [0, 0.1) is 0 Å². The highest BCUT2D eigenvalue weighted by Gasteiger charge is 2.52. The van der Waals surface area contributed by atoms with Crippen LogP contribution in [0.5, 0.6) is 0 Å². The number of carbonyl (C=O) groups excluding carboxylic acids is 1. The third-order valence-corrected chi connectivity index (χ3v) is 8.09. The van der Waals surface area contributed by atoms with Crippen LogP contribution in [0.3, 0.4) is 0 Å². The fraction of sp³-hybridized carbons (Fsp3) is 0.462. The second-order valence-corrected chi connectivity index (χ2v) is 8.60. The predicted octanol–water partition coefficient (Wildman–Crippen LogP) is 2.85. The van der Waals surface area contributed by atoms with E-state index in [2.05, 4.69) is 0 Å². The lowest BCUT2D eigenvalue weighted by molar-refractivity contribution is 0.102. The largest absolute Gasteiger partial charge is 0.293 e. The smallest absolute Gasteiger partial charge is 0.171 e. The van der Waals surface area contributed by atoms with Crippen LogP contribution in [0.15, 0.2) is 30.3 Å². The number of hydrogen-bond acceptors (Lipinski definition) is 1. The second-order valence-electron chi connectivity index (χ2n) is 4.68. The normalized spacial score (nSPS) is 36.7. The van der Waals surface area contributed by atoms with E-state index in [-0.39, 0.29) is 0 Å². The molecule has 0 bridgehead atoms. The molecule has 1 aromatic carbocycles. The van der Waals surface area contributed by atoms with Gasteiger partial charge in [-0.2, -0.15) is 0 Å². The van der Waals surface area contributed by atoms with Gasteiger partial charge in [0, 0.05) is 11.3 Å². The molecule has 0 aromatic heterocycles. The molecule has 0 spiro atoms. The van der Waals surface area contributed by atoms with Gasteiger partial charge >= 0.3 is 0 Å². The first-order chi connectivity index (χ1) is 7.30. The van der Waals surface area contributed by atoms with Gasteiger partial charge in [-0.05, 0) is 29.6 Å². The summed E-state index contributed by atoms with van der Waals surface area (Å²) in [5.41, 5.74) is 0.914. The van der Waals surface area contributed by atoms with Crippen LogP contribution in [0.2, 0.25) is 0 Å². The van der Waals surface area contributed by atoms with Crippen LogP contribution in [-0.4, -0.2) is 28.3 Å². The van der Waals surface area contributed by atoms with Crippen molar-refractivity contribution in [2.24, 2.45) is 0 Å². The van der Waals surface area contributed by atoms with Crippen molar-refractivity contribution in [3.63, 3.8) is 0 Å². The van der Waals surface area contributed by atoms with Gasteiger partial charge < -0.3 is 0 Å². The van der Waals surface area contributed by atoms with E-state index in [0.717, 1.165) is 16.6 Å². The van der Waals surface area contributed by atoms with E-state index < -0.39 is 10.0 Å². The molecule has 0 amide bonds. The highest BCUT2D eigenvalue weighted by molar-refractivity contribution is 8.40. The lowest BCUT2D eigenvalue weighted by atomic mass is 10.2. The Morgan fingerprint density at radius 2 is 2.13 bits per heavy atom. The molecule has 3 rings (SSSR count). The van der Waals surface area contributed by atoms with Crippen molar-refractivity contribution in [3.05, 3.63) is 35.9 Å². The van der Waals surface area contributed by atoms with Gasteiger partial charge in [0.05, 0.1) is 0 Å². The van der Waals surface area contributed by atoms with E-state index in [1.54, 1.807) is 0 Å². The zero-order valence-electron chi connectivity index (χ0n) is 8.82. The fourth-order valence-corrected chi connectivity index (χ4v) is 7.23. The molecule has 2 fully saturated rings. The lowest BCUT2D eigenvalue weighted by Crippen LogP contribution is -2.07. The summed E-state index contributed by atoms with van der Waals surface area (Å²) in [5.74, 6) is 4.03. The molecule has 0 radical (unpaired) electrons. The number of rotatable bonds is 3. The van der Waals surface area contributed by atoms with Crippen molar-refractivity contribution in [2.45, 2.75) is 18.1 Å². The molecule has 2 heterocycles. The summed E-state index contributed by atoms with van der Waals surface area (Å²) >= 11 is 0. The number of hydrogen-bond donors (Lipinski definition) is 0. The molecule has 2 aliphatic rings. The van der Waals surface area contributed by atoms with Crippen LogP contribution in [0.4, 0.5) is 0 Å². The molecular weight excluding hydrogens is 204 g/mol. The summed E-state index contributed by atoms with van der Waals surface area (Å²) in [4.78, 5) is 12.1. The Balaban J connectivity index is 1.72. The first-order valence-corrected chi connectivity index (χ1v) is 7.84. The van der Waals surface area contributed by atoms with Crippen LogP contribution in [-0.2, 0) is 0 Å². The van der Waals surface area contributed by atoms with Crippen molar-refractivity contribution < 1.29 is 4.79 Å². The van der Waals surface area contributed by atoms with Crippen LogP contribution >= 0.6 is 10.0 Å². The number of fused-ring (bicyclic) bond motifs is 1. The number of ketones is 1. The van der Waals surface area contributed by atoms with Crippen molar-refractivity contribution in [1.29, 1.82) is 0 Å². The average Bonchev–Trinajstić information content (AvgIpc) is 2.81. The predicted molar refractivity (Wildman–Crippen MR) is 66.0 cm³/mol. The minimum Gasteiger partial charge on any atom is -0.293 e. The first-order valence-electron chi connectivity index (χ1n) is 5.64. The zero-order valence-corrected chi connectivity index (χ0v) is 9.63. The molecule has 2 heteroatoms. The van der Waals surface area contributed by atoms with Crippen molar-refractivity contribution in [1.82, 2.24) is 0 Å². The third-order valence-electron chi connectivity index (χ3n) is 3.70. The Morgan fingerprint density at radius 3 is 2.73 bits per heavy atom. The Morgan fingerprint density at radius 1 is 1.33 bits per heavy atom. The maximum absolute atomic E-state index is 12.1. The SMILES string of the molecule is O=C(CS12CCCC1C2)c1ccccc1. The highest BCUT2D eigenvalue weighted by atomic mass is 32.3. The lowest BCUT2D eigenvalue weighted by Gasteiger charge is -2.16. The number of carbonyl (C=O) groups is 1. The average molecular weight is 220 g/mol. The van der Waals surface area contributed by atoms with E-state index >= 15 is 0 Å². The molecule has 0 saturated carbocycles. The van der Waals surface area contributed by atoms with Gasteiger partial charge in [0.25, 0.3) is 0 Å². The van der Waals surface area contributed by atoms with Crippen LogP contribution < -0.4 is 0 Å². The van der Waals surface area contributed by atoms with E-state index in [1.807, 2.05) is 30.3 Å². The first kappa shape index (κ1) is 9.46. The zero-order chi connectivity index (χ0) is 10.3. The van der Waals surface area contributed by atoms with Gasteiger partial charge in [-0.3, -0.25) is 4.79 Å². The molecular formula is C13H16OS. The molecule has 2 aliphatic heterocycles. The standard InChI is InChI=1S/C13H16OS/c14-13(11-5-2-1-3-6-11)10-15-8-4-7-12(15)9-15/h1-3,5-6,12H,4,7-10H2. The fourth-order valence-electron chi connectivity index (χ4n) is 2.73. The number of Topliss-reactive ketones (excluding diaryl/α,β-unsaturated/α-hetero) is 1. The summed E-state index contributed by atoms with van der Waals surface area (Å²) in [6, 6.07) is 9.78. The van der Waals surface area contributed by atoms with Gasteiger partial charge in [0.15, 0.2) is 5.78 Å². The Labute approximate surface area is 92.2 Å². The van der Waals surface area contributed by atoms with Crippen molar-refractivity contribution in [2.75, 3.05) is 17.3 Å². The minimum atomic E-state index is -0.434. The molecule has 1 nitrogen and oxygen atoms in total. The topological polar surface area (TPSA) is 17.1 Å². The Bertz CT molecular complexity index is 387. The molecule has 2 atom stereocenters. The highest BCUT2D eigenvalue weighted by Crippen LogP contribution is 2.73. The summed E-state index contributed by atoms with van der Waals surface area (Å²) in [6.45, 7) is 0. The molecule has 1 aromatic rings. The maximum atomic E-state index is 12.1. The Kier molecular flexibility index (Phi) is 2.13. The Hall–Kier alpha value is -0.760. The van der Waals surface area contributed by atoms with E-state index in [0.29, 0.717) is 5.78 Å². The summed E-state index contributed by atoms with van der Waals surface area (Å²) in [6.07, 6.45) is 2.78. The molecule has 15 heavy (non-hydrogen) atoms. The summed E-state index contributed by atoms with van der Waals surface area (Å²) in [7, 11) is -0.434. The minimum absolute atomic E-state index is 0.384. The van der Waals surface area contributed by atoms with E-state index in [9.17, 15) is 4.79 Å². The van der Waals surface area contributed by atoms with Gasteiger partial charge in [-0.15, -0.1) is 0 Å². The van der Waals surface area contributed by atoms with Crippen LogP contribution in [0.25, 0.3) is 0 Å². The summed E-state index contributed by atoms with van der Waals surface area (Å²) < 4.78 is 0. The van der Waals surface area contributed by atoms with E-state index in [1.165, 1.54) is 24.3 Å². The maximum Gasteiger partial charge on any atom is 0.171 e. The quantitative estimate of drug-likeness (QED) is 0.565. The van der Waals surface area contributed by atoms with Gasteiger partial charge in [0.1, 0.15) is 0 Å². The van der Waals surface area contributed by atoms with Gasteiger partial charge in [-0.25, -0.2) is 10.0 Å². The van der Waals surface area contributed by atoms with E-state index in [4.69, 9.17) is 0 Å². The molecule has 2 unspecified atom stereocenters. The van der Waals surface area contributed by atoms with Crippen molar-refractivity contribution >= 4 is 15.8 Å². The van der Waals surface area contributed by atoms with Gasteiger partial charge in [-0.1, -0.05) is 30.3 Å².